The Labute approximate surface area is 66.6 Å². The quantitative estimate of drug-likeness (QED) is 0.671. The van der Waals surface area contributed by atoms with Gasteiger partial charge in [-0.15, -0.1) is 0 Å². The molecule has 0 bridgehead atoms. The van der Waals surface area contributed by atoms with Gasteiger partial charge in [-0.1, -0.05) is 0 Å². The summed E-state index contributed by atoms with van der Waals surface area (Å²) in [6, 6.07) is 2.31. The van der Waals surface area contributed by atoms with Crippen LogP contribution >= 0.6 is 0 Å². The van der Waals surface area contributed by atoms with Crippen molar-refractivity contribution in [2.45, 2.75) is 19.5 Å². The zero-order valence-electron chi connectivity index (χ0n) is 6.71. The van der Waals surface area contributed by atoms with Crippen LogP contribution in [0.2, 0.25) is 0 Å². The standard InChI is InChI=1S/C8H14N2O/c1-7(4-9)10-5-8-2-3-11-6-8/h2-3,6-7,10H,4-5,9H2,1H3. The fraction of sp³-hybridized carbons (Fsp3) is 0.500. The van der Waals surface area contributed by atoms with Gasteiger partial charge in [-0.3, -0.25) is 0 Å². The molecule has 62 valence electrons. The van der Waals surface area contributed by atoms with Crippen LogP contribution < -0.4 is 11.1 Å². The van der Waals surface area contributed by atoms with E-state index in [9.17, 15) is 0 Å². The molecule has 3 N–H and O–H groups in total. The fourth-order valence-corrected chi connectivity index (χ4v) is 0.769. The Kier molecular flexibility index (Phi) is 3.14. The summed E-state index contributed by atoms with van der Waals surface area (Å²) >= 11 is 0. The molecular formula is C8H14N2O. The van der Waals surface area contributed by atoms with Crippen LogP contribution in [0, 0.1) is 0 Å². The SMILES string of the molecule is CC(CN)NCc1ccoc1. The van der Waals surface area contributed by atoms with Gasteiger partial charge in [-0.05, 0) is 13.0 Å². The van der Waals surface area contributed by atoms with Gasteiger partial charge in [0.15, 0.2) is 0 Å². The Hall–Kier alpha value is -0.800. The lowest BCUT2D eigenvalue weighted by molar-refractivity contribution is 0.539. The number of nitrogens with one attached hydrogen (secondary N) is 1. The van der Waals surface area contributed by atoms with Crippen LogP contribution in [0.5, 0.6) is 0 Å². The lowest BCUT2D eigenvalue weighted by Crippen LogP contribution is -2.32. The second-order valence-corrected chi connectivity index (χ2v) is 2.65. The van der Waals surface area contributed by atoms with Crippen molar-refractivity contribution in [1.82, 2.24) is 5.32 Å². The van der Waals surface area contributed by atoms with Gasteiger partial charge in [0.2, 0.25) is 0 Å². The summed E-state index contributed by atoms with van der Waals surface area (Å²) in [6.45, 7) is 3.55. The van der Waals surface area contributed by atoms with Gasteiger partial charge in [0.25, 0.3) is 0 Å². The van der Waals surface area contributed by atoms with E-state index in [1.165, 1.54) is 0 Å². The second-order valence-electron chi connectivity index (χ2n) is 2.65. The second kappa shape index (κ2) is 4.16. The van der Waals surface area contributed by atoms with Crippen molar-refractivity contribution in [3.8, 4) is 0 Å². The van der Waals surface area contributed by atoms with Crippen molar-refractivity contribution < 1.29 is 4.42 Å². The lowest BCUT2D eigenvalue weighted by Gasteiger charge is -2.08. The molecule has 1 aromatic rings. The predicted molar refractivity (Wildman–Crippen MR) is 44.1 cm³/mol. The van der Waals surface area contributed by atoms with Crippen LogP contribution in [0.25, 0.3) is 0 Å². The van der Waals surface area contributed by atoms with E-state index in [2.05, 4.69) is 12.2 Å². The Bertz CT molecular complexity index is 184. The van der Waals surface area contributed by atoms with E-state index in [1.807, 2.05) is 6.07 Å². The van der Waals surface area contributed by atoms with E-state index in [1.54, 1.807) is 12.5 Å². The van der Waals surface area contributed by atoms with Crippen molar-refractivity contribution in [2.75, 3.05) is 6.54 Å². The highest BCUT2D eigenvalue weighted by atomic mass is 16.3. The van der Waals surface area contributed by atoms with Crippen LogP contribution in [0.4, 0.5) is 0 Å². The third-order valence-corrected chi connectivity index (χ3v) is 1.59. The van der Waals surface area contributed by atoms with Crippen LogP contribution in [0.15, 0.2) is 23.0 Å². The molecule has 0 amide bonds. The monoisotopic (exact) mass is 154 g/mol. The van der Waals surface area contributed by atoms with Crippen LogP contribution in [-0.4, -0.2) is 12.6 Å². The first kappa shape index (κ1) is 8.30. The molecule has 3 heteroatoms. The molecule has 0 fully saturated rings. The highest BCUT2D eigenvalue weighted by molar-refractivity contribution is 5.04. The molecule has 1 unspecified atom stereocenters. The van der Waals surface area contributed by atoms with Crippen molar-refractivity contribution in [2.24, 2.45) is 5.73 Å². The Morgan fingerprint density at radius 1 is 1.73 bits per heavy atom. The average Bonchev–Trinajstić information content (AvgIpc) is 2.52. The van der Waals surface area contributed by atoms with Gasteiger partial charge in [0.05, 0.1) is 12.5 Å². The van der Waals surface area contributed by atoms with E-state index < -0.39 is 0 Å². The summed E-state index contributed by atoms with van der Waals surface area (Å²) in [5.41, 5.74) is 6.58. The molecule has 1 atom stereocenters. The zero-order chi connectivity index (χ0) is 8.10. The van der Waals surface area contributed by atoms with E-state index in [4.69, 9.17) is 10.2 Å². The Morgan fingerprint density at radius 2 is 2.55 bits per heavy atom. The molecule has 0 aromatic carbocycles. The third-order valence-electron chi connectivity index (χ3n) is 1.59. The van der Waals surface area contributed by atoms with Gasteiger partial charge in [-0.2, -0.15) is 0 Å². The maximum Gasteiger partial charge on any atom is 0.0947 e. The van der Waals surface area contributed by atoms with Crippen molar-refractivity contribution in [3.63, 3.8) is 0 Å². The van der Waals surface area contributed by atoms with E-state index in [-0.39, 0.29) is 0 Å². The summed E-state index contributed by atoms with van der Waals surface area (Å²) in [4.78, 5) is 0. The fourth-order valence-electron chi connectivity index (χ4n) is 0.769. The Morgan fingerprint density at radius 3 is 3.09 bits per heavy atom. The summed E-state index contributed by atoms with van der Waals surface area (Å²) in [7, 11) is 0. The minimum absolute atomic E-state index is 0.366. The maximum atomic E-state index is 5.43. The van der Waals surface area contributed by atoms with Gasteiger partial charge >= 0.3 is 0 Å². The predicted octanol–water partition coefficient (Wildman–Crippen LogP) is 0.716. The van der Waals surface area contributed by atoms with Gasteiger partial charge in [0.1, 0.15) is 0 Å². The Balaban J connectivity index is 2.23. The van der Waals surface area contributed by atoms with E-state index in [0.29, 0.717) is 12.6 Å². The van der Waals surface area contributed by atoms with E-state index >= 15 is 0 Å². The lowest BCUT2D eigenvalue weighted by atomic mass is 10.3. The smallest absolute Gasteiger partial charge is 0.0947 e. The van der Waals surface area contributed by atoms with Crippen molar-refractivity contribution >= 4 is 0 Å². The molecule has 1 heterocycles. The van der Waals surface area contributed by atoms with Crippen LogP contribution in [0.1, 0.15) is 12.5 Å². The molecule has 11 heavy (non-hydrogen) atoms. The minimum Gasteiger partial charge on any atom is -0.472 e. The van der Waals surface area contributed by atoms with Crippen molar-refractivity contribution in [3.05, 3.63) is 24.2 Å². The number of furan rings is 1. The molecule has 1 rings (SSSR count). The van der Waals surface area contributed by atoms with Crippen molar-refractivity contribution in [1.29, 1.82) is 0 Å². The highest BCUT2D eigenvalue weighted by Gasteiger charge is 1.97. The average molecular weight is 154 g/mol. The maximum absolute atomic E-state index is 5.43. The summed E-state index contributed by atoms with van der Waals surface area (Å²) < 4.78 is 4.91. The molecule has 0 aliphatic heterocycles. The van der Waals surface area contributed by atoms with E-state index in [0.717, 1.165) is 12.1 Å². The minimum atomic E-state index is 0.366. The first-order valence-electron chi connectivity index (χ1n) is 3.77. The topological polar surface area (TPSA) is 51.2 Å². The first-order valence-corrected chi connectivity index (χ1v) is 3.77. The largest absolute Gasteiger partial charge is 0.472 e. The number of nitrogens with two attached hydrogens (primary N) is 1. The molecule has 1 aromatic heterocycles. The number of hydrogen-bond acceptors (Lipinski definition) is 3. The molecular weight excluding hydrogens is 140 g/mol. The number of rotatable bonds is 4. The molecule has 3 nitrogen and oxygen atoms in total. The summed E-state index contributed by atoms with van der Waals surface area (Å²) in [6.07, 6.45) is 3.40. The van der Waals surface area contributed by atoms with Crippen LogP contribution in [-0.2, 0) is 6.54 Å². The summed E-state index contributed by atoms with van der Waals surface area (Å²) in [5, 5.41) is 3.25. The molecule has 0 aliphatic rings. The van der Waals surface area contributed by atoms with Gasteiger partial charge < -0.3 is 15.5 Å². The van der Waals surface area contributed by atoms with Gasteiger partial charge in [0, 0.05) is 24.7 Å². The normalized spacial score (nSPS) is 13.3. The molecule has 0 spiro atoms. The van der Waals surface area contributed by atoms with Crippen LogP contribution in [0.3, 0.4) is 0 Å². The molecule has 0 saturated carbocycles. The molecule has 0 radical (unpaired) electrons. The number of hydrogen-bond donors (Lipinski definition) is 2. The third kappa shape index (κ3) is 2.74. The molecule has 0 saturated heterocycles. The van der Waals surface area contributed by atoms with Gasteiger partial charge in [-0.25, -0.2) is 0 Å². The highest BCUT2D eigenvalue weighted by Crippen LogP contribution is 1.98. The first-order chi connectivity index (χ1) is 5.33. The zero-order valence-corrected chi connectivity index (χ0v) is 6.71. The molecule has 0 aliphatic carbocycles. The summed E-state index contributed by atoms with van der Waals surface area (Å²) in [5.74, 6) is 0.